The summed E-state index contributed by atoms with van der Waals surface area (Å²) in [5.74, 6) is 0.589. The quantitative estimate of drug-likeness (QED) is 0.488. The zero-order valence-corrected chi connectivity index (χ0v) is 12.3. The summed E-state index contributed by atoms with van der Waals surface area (Å²) in [4.78, 5) is 15.7. The van der Waals surface area contributed by atoms with Gasteiger partial charge >= 0.3 is 5.97 Å². The van der Waals surface area contributed by atoms with Crippen LogP contribution in [0.4, 0.5) is 0 Å². The van der Waals surface area contributed by atoms with E-state index in [1.807, 2.05) is 24.3 Å². The maximum atomic E-state index is 11.7. The van der Waals surface area contributed by atoms with E-state index in [2.05, 4.69) is 20.9 Å². The van der Waals surface area contributed by atoms with E-state index in [-0.39, 0.29) is 0 Å². The molecular formula is C15H12BrNO3. The third-order valence-corrected chi connectivity index (χ3v) is 3.07. The Labute approximate surface area is 125 Å². The lowest BCUT2D eigenvalue weighted by molar-refractivity contribution is -0.128. The fourth-order valence-corrected chi connectivity index (χ4v) is 1.88. The molecule has 5 heteroatoms. The molecule has 0 radical (unpaired) electrons. The molecule has 0 bridgehead atoms. The van der Waals surface area contributed by atoms with Crippen LogP contribution in [0.3, 0.4) is 0 Å². The number of methoxy groups -OCH3 is 1. The SMILES string of the molecule is COc1ccccc1C=CC(=O)Oc1cccnc1Br. The first kappa shape index (κ1) is 14.3. The average Bonchev–Trinajstić information content (AvgIpc) is 2.48. The second-order valence-corrected chi connectivity index (χ2v) is 4.54. The van der Waals surface area contributed by atoms with Gasteiger partial charge in [0.1, 0.15) is 10.4 Å². The summed E-state index contributed by atoms with van der Waals surface area (Å²) >= 11 is 3.21. The lowest BCUT2D eigenvalue weighted by Gasteiger charge is -2.04. The van der Waals surface area contributed by atoms with Crippen LogP contribution in [0.2, 0.25) is 0 Å². The van der Waals surface area contributed by atoms with Gasteiger partial charge in [-0.05, 0) is 40.2 Å². The van der Waals surface area contributed by atoms with Crippen molar-refractivity contribution in [2.45, 2.75) is 0 Å². The van der Waals surface area contributed by atoms with Gasteiger partial charge < -0.3 is 9.47 Å². The van der Waals surface area contributed by atoms with Gasteiger partial charge in [-0.1, -0.05) is 18.2 Å². The molecule has 20 heavy (non-hydrogen) atoms. The number of carbonyl (C=O) groups excluding carboxylic acids is 1. The third kappa shape index (κ3) is 3.68. The number of benzene rings is 1. The fraction of sp³-hybridized carbons (Fsp3) is 0.0667. The van der Waals surface area contributed by atoms with E-state index in [0.717, 1.165) is 5.56 Å². The van der Waals surface area contributed by atoms with Crippen LogP contribution in [0.15, 0.2) is 53.3 Å². The summed E-state index contributed by atoms with van der Waals surface area (Å²) in [7, 11) is 1.58. The molecule has 102 valence electrons. The molecule has 0 saturated heterocycles. The van der Waals surface area contributed by atoms with Crippen LogP contribution < -0.4 is 9.47 Å². The second kappa shape index (κ2) is 6.86. The number of esters is 1. The Morgan fingerprint density at radius 1 is 1.20 bits per heavy atom. The number of nitrogens with zero attached hydrogens (tertiary/aromatic N) is 1. The molecule has 0 aliphatic carbocycles. The molecule has 0 saturated carbocycles. The number of halogens is 1. The molecule has 0 aliphatic heterocycles. The predicted molar refractivity (Wildman–Crippen MR) is 79.6 cm³/mol. The van der Waals surface area contributed by atoms with Gasteiger partial charge in [0.15, 0.2) is 5.75 Å². The first-order valence-corrected chi connectivity index (χ1v) is 6.63. The average molecular weight is 334 g/mol. The van der Waals surface area contributed by atoms with Crippen molar-refractivity contribution < 1.29 is 14.3 Å². The van der Waals surface area contributed by atoms with Crippen LogP contribution in [-0.4, -0.2) is 18.1 Å². The van der Waals surface area contributed by atoms with E-state index in [1.54, 1.807) is 31.5 Å². The molecule has 1 aromatic heterocycles. The Balaban J connectivity index is 2.08. The van der Waals surface area contributed by atoms with Crippen LogP contribution in [0.25, 0.3) is 6.08 Å². The molecule has 0 atom stereocenters. The molecule has 0 fully saturated rings. The molecule has 2 aromatic rings. The minimum Gasteiger partial charge on any atom is -0.496 e. The van der Waals surface area contributed by atoms with Gasteiger partial charge in [-0.15, -0.1) is 0 Å². The van der Waals surface area contributed by atoms with Crippen molar-refractivity contribution in [1.82, 2.24) is 4.98 Å². The van der Waals surface area contributed by atoms with Crippen LogP contribution in [0.5, 0.6) is 11.5 Å². The summed E-state index contributed by atoms with van der Waals surface area (Å²) in [6.45, 7) is 0. The van der Waals surface area contributed by atoms with Crippen LogP contribution in [0, 0.1) is 0 Å². The molecule has 0 N–H and O–H groups in total. The Kier molecular flexibility index (Phi) is 4.90. The number of rotatable bonds is 4. The highest BCUT2D eigenvalue weighted by Gasteiger charge is 2.05. The lowest BCUT2D eigenvalue weighted by Crippen LogP contribution is -2.04. The number of carbonyl (C=O) groups is 1. The Hall–Kier alpha value is -2.14. The largest absolute Gasteiger partial charge is 0.496 e. The highest BCUT2D eigenvalue weighted by molar-refractivity contribution is 9.10. The number of hydrogen-bond acceptors (Lipinski definition) is 4. The standard InChI is InChI=1S/C15H12BrNO3/c1-19-12-6-3-2-5-11(12)8-9-14(18)20-13-7-4-10-17-15(13)16/h2-10H,1H3. The van der Waals surface area contributed by atoms with E-state index in [0.29, 0.717) is 16.1 Å². The monoisotopic (exact) mass is 333 g/mol. The molecule has 0 amide bonds. The van der Waals surface area contributed by atoms with Crippen molar-refractivity contribution in [1.29, 1.82) is 0 Å². The van der Waals surface area contributed by atoms with Crippen molar-refractivity contribution in [3.63, 3.8) is 0 Å². The molecular weight excluding hydrogens is 322 g/mol. The number of aromatic nitrogens is 1. The summed E-state index contributed by atoms with van der Waals surface area (Å²) in [5.41, 5.74) is 0.803. The smallest absolute Gasteiger partial charge is 0.336 e. The second-order valence-electron chi connectivity index (χ2n) is 3.79. The van der Waals surface area contributed by atoms with E-state index >= 15 is 0 Å². The topological polar surface area (TPSA) is 48.4 Å². The predicted octanol–water partition coefficient (Wildman–Crippen LogP) is 3.47. The molecule has 0 spiro atoms. The van der Waals surface area contributed by atoms with Crippen molar-refractivity contribution in [2.24, 2.45) is 0 Å². The van der Waals surface area contributed by atoms with Crippen molar-refractivity contribution in [3.8, 4) is 11.5 Å². The molecule has 0 unspecified atom stereocenters. The van der Waals surface area contributed by atoms with E-state index < -0.39 is 5.97 Å². The minimum absolute atomic E-state index is 0.377. The summed E-state index contributed by atoms with van der Waals surface area (Å²) in [5, 5.41) is 0. The van der Waals surface area contributed by atoms with Gasteiger partial charge in [0.25, 0.3) is 0 Å². The molecule has 4 nitrogen and oxygen atoms in total. The van der Waals surface area contributed by atoms with E-state index in [4.69, 9.17) is 9.47 Å². The number of ether oxygens (including phenoxy) is 2. The molecule has 1 heterocycles. The number of pyridine rings is 1. The Morgan fingerprint density at radius 2 is 1.95 bits per heavy atom. The third-order valence-electron chi connectivity index (χ3n) is 2.47. The highest BCUT2D eigenvalue weighted by Crippen LogP contribution is 2.22. The lowest BCUT2D eigenvalue weighted by atomic mass is 10.2. The van der Waals surface area contributed by atoms with Gasteiger partial charge in [0.2, 0.25) is 0 Å². The number of hydrogen-bond donors (Lipinski definition) is 0. The normalized spacial score (nSPS) is 10.5. The number of para-hydroxylation sites is 1. The first-order valence-electron chi connectivity index (χ1n) is 5.84. The fourth-order valence-electron chi connectivity index (χ4n) is 1.55. The minimum atomic E-state index is -0.482. The first-order chi connectivity index (χ1) is 9.70. The maximum absolute atomic E-state index is 11.7. The van der Waals surface area contributed by atoms with Crippen LogP contribution in [-0.2, 0) is 4.79 Å². The van der Waals surface area contributed by atoms with Gasteiger partial charge in [0.05, 0.1) is 7.11 Å². The van der Waals surface area contributed by atoms with Crippen molar-refractivity contribution in [2.75, 3.05) is 7.11 Å². The van der Waals surface area contributed by atoms with Gasteiger partial charge in [-0.25, -0.2) is 9.78 Å². The maximum Gasteiger partial charge on any atom is 0.336 e. The van der Waals surface area contributed by atoms with Crippen molar-refractivity contribution >= 4 is 28.0 Å². The highest BCUT2D eigenvalue weighted by atomic mass is 79.9. The summed E-state index contributed by atoms with van der Waals surface area (Å²) in [6.07, 6.45) is 4.59. The van der Waals surface area contributed by atoms with Gasteiger partial charge in [0, 0.05) is 17.8 Å². The Morgan fingerprint density at radius 3 is 2.70 bits per heavy atom. The van der Waals surface area contributed by atoms with E-state index in [9.17, 15) is 4.79 Å². The van der Waals surface area contributed by atoms with Gasteiger partial charge in [-0.2, -0.15) is 0 Å². The van der Waals surface area contributed by atoms with Crippen LogP contribution in [0.1, 0.15) is 5.56 Å². The molecule has 1 aromatic carbocycles. The Bertz CT molecular complexity index is 641. The molecule has 0 aliphatic rings. The zero-order valence-electron chi connectivity index (χ0n) is 10.7. The zero-order chi connectivity index (χ0) is 14.4. The van der Waals surface area contributed by atoms with Crippen molar-refractivity contribution in [3.05, 3.63) is 58.8 Å². The molecule has 2 rings (SSSR count). The van der Waals surface area contributed by atoms with Crippen LogP contribution >= 0.6 is 15.9 Å². The van der Waals surface area contributed by atoms with E-state index in [1.165, 1.54) is 6.08 Å². The summed E-state index contributed by atoms with van der Waals surface area (Å²) < 4.78 is 10.8. The summed E-state index contributed by atoms with van der Waals surface area (Å²) in [6, 6.07) is 10.8. The van der Waals surface area contributed by atoms with Gasteiger partial charge in [-0.3, -0.25) is 0 Å².